The number of rotatable bonds is 3. The number of hydrogen-bond acceptors (Lipinski definition) is 4. The van der Waals surface area contributed by atoms with Crippen LogP contribution in [0.3, 0.4) is 0 Å². The van der Waals surface area contributed by atoms with E-state index in [1.54, 1.807) is 11.3 Å². The van der Waals surface area contributed by atoms with Crippen molar-refractivity contribution in [3.63, 3.8) is 0 Å². The van der Waals surface area contributed by atoms with Crippen LogP contribution < -0.4 is 0 Å². The first-order valence-corrected chi connectivity index (χ1v) is 16.6. The predicted octanol–water partition coefficient (Wildman–Crippen LogP) is 11.9. The van der Waals surface area contributed by atoms with Gasteiger partial charge in [0.15, 0.2) is 17.5 Å². The Hall–Kier alpha value is -5.97. The maximum atomic E-state index is 5.24. The minimum absolute atomic E-state index is 0.661. The lowest BCUT2D eigenvalue weighted by Gasteiger charge is -2.14. The highest BCUT2D eigenvalue weighted by Crippen LogP contribution is 2.39. The van der Waals surface area contributed by atoms with Gasteiger partial charge in [0, 0.05) is 36.9 Å². The maximum absolute atomic E-state index is 5.24. The van der Waals surface area contributed by atoms with Gasteiger partial charge in [0.1, 0.15) is 0 Å². The molecule has 0 N–H and O–H groups in total. The Kier molecular flexibility index (Phi) is 5.74. The van der Waals surface area contributed by atoms with Crippen molar-refractivity contribution in [1.82, 2.24) is 15.0 Å². The molecule has 0 bridgehead atoms. The Morgan fingerprint density at radius 2 is 0.872 bits per heavy atom. The van der Waals surface area contributed by atoms with Crippen molar-refractivity contribution in [2.45, 2.75) is 0 Å². The summed E-state index contributed by atoms with van der Waals surface area (Å²) in [6, 6.07) is 53.9. The molecule has 3 nitrogen and oxygen atoms in total. The second-order valence-corrected chi connectivity index (χ2v) is 13.1. The van der Waals surface area contributed by atoms with Gasteiger partial charge in [0.05, 0.1) is 0 Å². The van der Waals surface area contributed by atoms with E-state index in [2.05, 4.69) is 152 Å². The van der Waals surface area contributed by atoms with Crippen LogP contribution in [0.25, 0.3) is 97.4 Å². The number of fused-ring (bicyclic) bond motifs is 9. The molecular weight excluding hydrogens is 591 g/mol. The smallest absolute Gasteiger partial charge is 0.164 e. The molecule has 0 aliphatic rings. The largest absolute Gasteiger partial charge is 0.208 e. The van der Waals surface area contributed by atoms with Crippen LogP contribution in [0.2, 0.25) is 0 Å². The number of nitrogens with zero attached hydrogens (tertiary/aromatic N) is 3. The Labute approximate surface area is 274 Å². The molecule has 47 heavy (non-hydrogen) atoms. The summed E-state index contributed by atoms with van der Waals surface area (Å²) in [5.74, 6) is 1.99. The van der Waals surface area contributed by atoms with Gasteiger partial charge in [-0.1, -0.05) is 127 Å². The SMILES string of the molecule is c1ccc2cc(-c3nc(-c4ccc5c(c4)sc4ccccc45)nc(-c4cc5c6ccccc6ccc5c5ccccc45)n3)ccc2c1. The Morgan fingerprint density at radius 1 is 0.319 bits per heavy atom. The van der Waals surface area contributed by atoms with Crippen LogP contribution in [0.15, 0.2) is 152 Å². The maximum Gasteiger partial charge on any atom is 0.164 e. The molecule has 218 valence electrons. The molecule has 8 aromatic carbocycles. The van der Waals surface area contributed by atoms with Gasteiger partial charge in [0.2, 0.25) is 0 Å². The van der Waals surface area contributed by atoms with Crippen molar-refractivity contribution in [3.8, 4) is 34.2 Å². The molecule has 0 aliphatic carbocycles. The third kappa shape index (κ3) is 4.23. The first-order valence-electron chi connectivity index (χ1n) is 15.8. The molecule has 10 rings (SSSR count). The minimum Gasteiger partial charge on any atom is -0.208 e. The summed E-state index contributed by atoms with van der Waals surface area (Å²) in [6.45, 7) is 0. The van der Waals surface area contributed by atoms with E-state index in [0.29, 0.717) is 17.5 Å². The molecule has 0 spiro atoms. The van der Waals surface area contributed by atoms with Gasteiger partial charge in [-0.25, -0.2) is 15.0 Å². The molecular formula is C43H25N3S. The molecule has 2 heterocycles. The van der Waals surface area contributed by atoms with E-state index in [4.69, 9.17) is 15.0 Å². The van der Waals surface area contributed by atoms with Crippen LogP contribution in [0.4, 0.5) is 0 Å². The minimum atomic E-state index is 0.661. The Morgan fingerprint density at radius 3 is 1.72 bits per heavy atom. The fraction of sp³-hybridized carbons (Fsp3) is 0. The van der Waals surface area contributed by atoms with Crippen molar-refractivity contribution in [3.05, 3.63) is 152 Å². The van der Waals surface area contributed by atoms with E-state index in [9.17, 15) is 0 Å². The normalized spacial score (nSPS) is 11.8. The average molecular weight is 616 g/mol. The first kappa shape index (κ1) is 26.3. The lowest BCUT2D eigenvalue weighted by atomic mass is 9.93. The number of aromatic nitrogens is 3. The first-order chi connectivity index (χ1) is 23.3. The summed E-state index contributed by atoms with van der Waals surface area (Å²) < 4.78 is 2.50. The third-order valence-electron chi connectivity index (χ3n) is 9.29. The monoisotopic (exact) mass is 615 g/mol. The molecule has 2 aromatic heterocycles. The van der Waals surface area contributed by atoms with E-state index in [1.807, 2.05) is 0 Å². The van der Waals surface area contributed by atoms with E-state index >= 15 is 0 Å². The molecule has 4 heteroatoms. The van der Waals surface area contributed by atoms with E-state index < -0.39 is 0 Å². The predicted molar refractivity (Wildman–Crippen MR) is 199 cm³/mol. The second kappa shape index (κ2) is 10.3. The summed E-state index contributed by atoms with van der Waals surface area (Å²) in [4.78, 5) is 15.6. The average Bonchev–Trinajstić information content (AvgIpc) is 3.52. The highest BCUT2D eigenvalue weighted by molar-refractivity contribution is 7.25. The van der Waals surface area contributed by atoms with Crippen LogP contribution in [-0.4, -0.2) is 15.0 Å². The van der Waals surface area contributed by atoms with Crippen molar-refractivity contribution in [1.29, 1.82) is 0 Å². The van der Waals surface area contributed by atoms with Crippen molar-refractivity contribution >= 4 is 74.6 Å². The van der Waals surface area contributed by atoms with Gasteiger partial charge in [-0.15, -0.1) is 11.3 Å². The van der Waals surface area contributed by atoms with E-state index in [-0.39, 0.29) is 0 Å². The Balaban J connectivity index is 1.26. The fourth-order valence-electron chi connectivity index (χ4n) is 6.99. The summed E-state index contributed by atoms with van der Waals surface area (Å²) in [7, 11) is 0. The molecule has 0 unspecified atom stereocenters. The molecule has 0 saturated carbocycles. The molecule has 0 saturated heterocycles. The quantitative estimate of drug-likeness (QED) is 0.186. The summed E-state index contributed by atoms with van der Waals surface area (Å²) in [5.41, 5.74) is 2.94. The Bertz CT molecular complexity index is 2870. The molecule has 0 radical (unpaired) electrons. The highest BCUT2D eigenvalue weighted by atomic mass is 32.1. The fourth-order valence-corrected chi connectivity index (χ4v) is 8.14. The molecule has 0 amide bonds. The van der Waals surface area contributed by atoms with E-state index in [0.717, 1.165) is 27.5 Å². The van der Waals surface area contributed by atoms with Gasteiger partial charge in [-0.2, -0.15) is 0 Å². The van der Waals surface area contributed by atoms with Crippen molar-refractivity contribution in [2.75, 3.05) is 0 Å². The number of benzene rings is 8. The zero-order chi connectivity index (χ0) is 30.9. The zero-order valence-electron chi connectivity index (χ0n) is 25.2. The number of hydrogen-bond donors (Lipinski definition) is 0. The van der Waals surface area contributed by atoms with Gasteiger partial charge < -0.3 is 0 Å². The van der Waals surface area contributed by atoms with Crippen molar-refractivity contribution in [2.24, 2.45) is 0 Å². The highest BCUT2D eigenvalue weighted by Gasteiger charge is 2.18. The lowest BCUT2D eigenvalue weighted by Crippen LogP contribution is -2.01. The second-order valence-electron chi connectivity index (χ2n) is 12.0. The van der Waals surface area contributed by atoms with Gasteiger partial charge in [-0.3, -0.25) is 0 Å². The van der Waals surface area contributed by atoms with Crippen molar-refractivity contribution < 1.29 is 0 Å². The van der Waals surface area contributed by atoms with Crippen LogP contribution >= 0.6 is 11.3 Å². The van der Waals surface area contributed by atoms with Crippen LogP contribution in [0.5, 0.6) is 0 Å². The molecule has 0 fully saturated rings. The van der Waals surface area contributed by atoms with Crippen LogP contribution in [0, 0.1) is 0 Å². The van der Waals surface area contributed by atoms with Crippen LogP contribution in [-0.2, 0) is 0 Å². The molecule has 10 aromatic rings. The standard InChI is InChI=1S/C43H25N3S/c1-2-11-28-23-29(18-17-26(28)9-1)41-44-42(30-20-22-36-35-15-7-8-16-39(35)47-40(36)24-30)46-43(45-41)38-25-37-31-12-4-3-10-27(31)19-21-34(37)32-13-5-6-14-33(32)38/h1-25H. The lowest BCUT2D eigenvalue weighted by molar-refractivity contribution is 1.08. The topological polar surface area (TPSA) is 38.7 Å². The number of thiophene rings is 1. The summed E-state index contributed by atoms with van der Waals surface area (Å²) >= 11 is 1.81. The summed E-state index contributed by atoms with van der Waals surface area (Å²) in [6.07, 6.45) is 0. The van der Waals surface area contributed by atoms with Gasteiger partial charge in [-0.05, 0) is 67.4 Å². The van der Waals surface area contributed by atoms with Gasteiger partial charge in [0.25, 0.3) is 0 Å². The molecule has 0 aliphatic heterocycles. The zero-order valence-corrected chi connectivity index (χ0v) is 26.0. The third-order valence-corrected chi connectivity index (χ3v) is 10.4. The molecule has 0 atom stereocenters. The van der Waals surface area contributed by atoms with Crippen LogP contribution in [0.1, 0.15) is 0 Å². The summed E-state index contributed by atoms with van der Waals surface area (Å²) in [5, 5.41) is 12.0. The van der Waals surface area contributed by atoms with E-state index in [1.165, 1.54) is 52.5 Å². The van der Waals surface area contributed by atoms with Gasteiger partial charge >= 0.3 is 0 Å².